The Kier molecular flexibility index (Phi) is 6.64. The topological polar surface area (TPSA) is 55.1 Å². The van der Waals surface area contributed by atoms with E-state index in [4.69, 9.17) is 5.73 Å². The smallest absolute Gasteiger partial charge is 0.224 e. The lowest BCUT2D eigenvalue weighted by Gasteiger charge is -2.16. The Bertz CT molecular complexity index is 688. The number of carbonyl (C=O) groups excluding carboxylic acids is 1. The van der Waals surface area contributed by atoms with E-state index in [0.29, 0.717) is 12.5 Å². The number of nitrogens with one attached hydrogen (secondary N) is 1. The van der Waals surface area contributed by atoms with Crippen molar-refractivity contribution in [3.63, 3.8) is 0 Å². The monoisotopic (exact) mass is 346 g/mol. The molecule has 1 aliphatic rings. The summed E-state index contributed by atoms with van der Waals surface area (Å²) < 4.78 is 0. The summed E-state index contributed by atoms with van der Waals surface area (Å²) in [4.78, 5) is 12.4. The van der Waals surface area contributed by atoms with Gasteiger partial charge in [-0.25, -0.2) is 0 Å². The van der Waals surface area contributed by atoms with Crippen LogP contribution in [0, 0.1) is 5.92 Å². The van der Waals surface area contributed by atoms with Crippen molar-refractivity contribution in [3.05, 3.63) is 48.0 Å². The number of hydrogen-bond acceptors (Lipinski definition) is 2. The highest BCUT2D eigenvalue weighted by atomic mass is 35.5. The molecule has 2 aromatic rings. The summed E-state index contributed by atoms with van der Waals surface area (Å²) in [5.74, 6) is 0.658. The first-order valence-corrected chi connectivity index (χ1v) is 8.72. The van der Waals surface area contributed by atoms with Crippen LogP contribution in [0.15, 0.2) is 42.5 Å². The third-order valence-corrected chi connectivity index (χ3v) is 4.87. The molecule has 24 heavy (non-hydrogen) atoms. The Morgan fingerprint density at radius 1 is 1.25 bits per heavy atom. The lowest BCUT2D eigenvalue weighted by atomic mass is 10.0. The van der Waals surface area contributed by atoms with E-state index in [1.807, 2.05) is 0 Å². The van der Waals surface area contributed by atoms with E-state index in [1.165, 1.54) is 16.3 Å². The van der Waals surface area contributed by atoms with Crippen LogP contribution in [0.5, 0.6) is 0 Å². The fourth-order valence-electron chi connectivity index (χ4n) is 3.30. The minimum Gasteiger partial charge on any atom is -0.352 e. The SMILES string of the molecule is CCCCC(CN)NC(=O)C1CC1c1ccc2ccccc2c1.Cl. The van der Waals surface area contributed by atoms with E-state index >= 15 is 0 Å². The lowest BCUT2D eigenvalue weighted by Crippen LogP contribution is -2.41. The van der Waals surface area contributed by atoms with Crippen LogP contribution in [0.1, 0.15) is 44.1 Å². The van der Waals surface area contributed by atoms with Gasteiger partial charge >= 0.3 is 0 Å². The number of hydrogen-bond donors (Lipinski definition) is 2. The van der Waals surface area contributed by atoms with Crippen LogP contribution < -0.4 is 11.1 Å². The Hall–Kier alpha value is -1.58. The zero-order valence-corrected chi connectivity index (χ0v) is 15.0. The molecule has 3 unspecified atom stereocenters. The second-order valence-electron chi connectivity index (χ2n) is 6.64. The van der Waals surface area contributed by atoms with Gasteiger partial charge in [0.05, 0.1) is 0 Å². The first kappa shape index (κ1) is 18.8. The van der Waals surface area contributed by atoms with Gasteiger partial charge < -0.3 is 11.1 Å². The predicted molar refractivity (Wildman–Crippen MR) is 103 cm³/mol. The van der Waals surface area contributed by atoms with Gasteiger partial charge in [0, 0.05) is 18.5 Å². The minimum absolute atomic E-state index is 0. The average Bonchev–Trinajstić information content (AvgIpc) is 3.39. The molecular formula is C20H27ClN2O. The first-order chi connectivity index (χ1) is 11.2. The van der Waals surface area contributed by atoms with Gasteiger partial charge in [-0.2, -0.15) is 0 Å². The highest BCUT2D eigenvalue weighted by Gasteiger charge is 2.44. The summed E-state index contributed by atoms with van der Waals surface area (Å²) in [5, 5.41) is 5.64. The molecule has 1 fully saturated rings. The average molecular weight is 347 g/mol. The van der Waals surface area contributed by atoms with Gasteiger partial charge in [0.1, 0.15) is 0 Å². The molecule has 1 saturated carbocycles. The Morgan fingerprint density at radius 2 is 2.00 bits per heavy atom. The molecule has 130 valence electrons. The fourth-order valence-corrected chi connectivity index (χ4v) is 3.30. The van der Waals surface area contributed by atoms with Crippen molar-refractivity contribution in [1.29, 1.82) is 0 Å². The van der Waals surface area contributed by atoms with Crippen LogP contribution >= 0.6 is 12.4 Å². The molecule has 3 nitrogen and oxygen atoms in total. The summed E-state index contributed by atoms with van der Waals surface area (Å²) in [5.41, 5.74) is 7.06. The van der Waals surface area contributed by atoms with E-state index in [1.54, 1.807) is 0 Å². The highest BCUT2D eigenvalue weighted by Crippen LogP contribution is 2.48. The standard InChI is InChI=1S/C20H26N2O.ClH/c1-2-3-8-17(13-21)22-20(23)19-12-18(19)16-10-9-14-6-4-5-7-15(14)11-16;/h4-7,9-11,17-19H,2-3,8,12-13,21H2,1H3,(H,22,23);1H. The maximum absolute atomic E-state index is 12.4. The van der Waals surface area contributed by atoms with Crippen LogP contribution in [0.4, 0.5) is 0 Å². The molecule has 3 N–H and O–H groups in total. The minimum atomic E-state index is 0. The van der Waals surface area contributed by atoms with E-state index in [2.05, 4.69) is 54.7 Å². The van der Waals surface area contributed by atoms with Gasteiger partial charge in [0.15, 0.2) is 0 Å². The Labute approximate surface area is 150 Å². The largest absolute Gasteiger partial charge is 0.352 e. The molecule has 2 aromatic carbocycles. The number of halogens is 1. The summed E-state index contributed by atoms with van der Waals surface area (Å²) >= 11 is 0. The van der Waals surface area contributed by atoms with Crippen LogP contribution in [0.25, 0.3) is 10.8 Å². The van der Waals surface area contributed by atoms with Crippen LogP contribution in [-0.2, 0) is 4.79 Å². The number of rotatable bonds is 7. The van der Waals surface area contributed by atoms with Crippen molar-refractivity contribution in [2.45, 2.75) is 44.6 Å². The van der Waals surface area contributed by atoms with E-state index in [-0.39, 0.29) is 30.3 Å². The van der Waals surface area contributed by atoms with Crippen molar-refractivity contribution >= 4 is 29.1 Å². The van der Waals surface area contributed by atoms with Gasteiger partial charge in [-0.3, -0.25) is 4.79 Å². The second kappa shape index (κ2) is 8.50. The highest BCUT2D eigenvalue weighted by molar-refractivity contribution is 5.86. The zero-order chi connectivity index (χ0) is 16.2. The van der Waals surface area contributed by atoms with Crippen LogP contribution in [-0.4, -0.2) is 18.5 Å². The summed E-state index contributed by atoms with van der Waals surface area (Å²) in [6.07, 6.45) is 4.18. The molecule has 0 spiro atoms. The molecule has 4 heteroatoms. The van der Waals surface area contributed by atoms with Gasteiger partial charge in [-0.1, -0.05) is 62.2 Å². The molecule has 3 rings (SSSR count). The molecule has 1 aliphatic carbocycles. The van der Waals surface area contributed by atoms with Gasteiger partial charge in [-0.15, -0.1) is 12.4 Å². The van der Waals surface area contributed by atoms with Crippen molar-refractivity contribution in [1.82, 2.24) is 5.32 Å². The molecule has 0 saturated heterocycles. The van der Waals surface area contributed by atoms with E-state index in [0.717, 1.165) is 25.7 Å². The molecule has 0 radical (unpaired) electrons. The number of benzene rings is 2. The fraction of sp³-hybridized carbons (Fsp3) is 0.450. The number of nitrogens with two attached hydrogens (primary N) is 1. The molecule has 0 bridgehead atoms. The lowest BCUT2D eigenvalue weighted by molar-refractivity contribution is -0.123. The first-order valence-electron chi connectivity index (χ1n) is 8.72. The maximum atomic E-state index is 12.4. The Balaban J connectivity index is 0.00000208. The van der Waals surface area contributed by atoms with Gasteiger partial charge in [-0.05, 0) is 35.1 Å². The quantitative estimate of drug-likeness (QED) is 0.796. The van der Waals surface area contributed by atoms with Gasteiger partial charge in [0.2, 0.25) is 5.91 Å². The molecule has 3 atom stereocenters. The van der Waals surface area contributed by atoms with E-state index < -0.39 is 0 Å². The number of amides is 1. The molecule has 0 aromatic heterocycles. The van der Waals surface area contributed by atoms with Gasteiger partial charge in [0.25, 0.3) is 0 Å². The molecule has 1 amide bonds. The third-order valence-electron chi connectivity index (χ3n) is 4.87. The Morgan fingerprint density at radius 3 is 2.71 bits per heavy atom. The number of carbonyl (C=O) groups is 1. The van der Waals surface area contributed by atoms with Crippen LogP contribution in [0.2, 0.25) is 0 Å². The zero-order valence-electron chi connectivity index (χ0n) is 14.2. The summed E-state index contributed by atoms with van der Waals surface area (Å²) in [7, 11) is 0. The number of unbranched alkanes of at least 4 members (excludes halogenated alkanes) is 1. The summed E-state index contributed by atoms with van der Waals surface area (Å²) in [6, 6.07) is 15.0. The third kappa shape index (κ3) is 4.28. The number of fused-ring (bicyclic) bond motifs is 1. The summed E-state index contributed by atoms with van der Waals surface area (Å²) in [6.45, 7) is 2.69. The van der Waals surface area contributed by atoms with E-state index in [9.17, 15) is 4.79 Å². The maximum Gasteiger partial charge on any atom is 0.224 e. The molecule has 0 heterocycles. The van der Waals surface area contributed by atoms with Crippen molar-refractivity contribution < 1.29 is 4.79 Å². The van der Waals surface area contributed by atoms with Crippen LogP contribution in [0.3, 0.4) is 0 Å². The molecular weight excluding hydrogens is 320 g/mol. The van der Waals surface area contributed by atoms with Crippen molar-refractivity contribution in [2.24, 2.45) is 11.7 Å². The molecule has 0 aliphatic heterocycles. The predicted octanol–water partition coefficient (Wildman–Crippen LogP) is 4.00. The van der Waals surface area contributed by atoms with Crippen molar-refractivity contribution in [3.8, 4) is 0 Å². The van der Waals surface area contributed by atoms with Crippen molar-refractivity contribution in [2.75, 3.05) is 6.54 Å². The second-order valence-corrected chi connectivity index (χ2v) is 6.64. The normalized spacial score (nSPS) is 20.2.